The Morgan fingerprint density at radius 2 is 1.52 bits per heavy atom. The van der Waals surface area contributed by atoms with Gasteiger partial charge in [0.15, 0.2) is 5.75 Å². The third-order valence-electron chi connectivity index (χ3n) is 8.60. The van der Waals surface area contributed by atoms with Crippen LogP contribution in [0.1, 0.15) is 27.8 Å². The van der Waals surface area contributed by atoms with Crippen molar-refractivity contribution >= 4 is 58.4 Å². The summed E-state index contributed by atoms with van der Waals surface area (Å²) in [5.74, 6) is 2.15. The summed E-state index contributed by atoms with van der Waals surface area (Å²) in [6.45, 7) is 6.55. The molecule has 1 aromatic heterocycles. The van der Waals surface area contributed by atoms with Crippen LogP contribution in [0.15, 0.2) is 103 Å². The van der Waals surface area contributed by atoms with Crippen LogP contribution in [0.4, 0.5) is 0 Å². The third kappa shape index (κ3) is 10.4. The van der Waals surface area contributed by atoms with Crippen LogP contribution in [0.5, 0.6) is 23.1 Å². The minimum Gasteiger partial charge on any atom is -0.493 e. The largest absolute Gasteiger partial charge is 0.493 e. The van der Waals surface area contributed by atoms with Crippen molar-refractivity contribution in [2.24, 2.45) is 0 Å². The van der Waals surface area contributed by atoms with E-state index in [1.807, 2.05) is 48.2 Å². The fraction of sp³-hybridized carbons (Fsp3) is 0.220. The third-order valence-corrected chi connectivity index (χ3v) is 9.99. The second-order valence-electron chi connectivity index (χ2n) is 12.4. The first-order chi connectivity index (χ1) is 25.2. The molecule has 268 valence electrons. The van der Waals surface area contributed by atoms with Gasteiger partial charge in [-0.2, -0.15) is 0 Å². The van der Waals surface area contributed by atoms with Gasteiger partial charge in [-0.25, -0.2) is 4.98 Å². The van der Waals surface area contributed by atoms with Gasteiger partial charge in [-0.3, -0.25) is 9.69 Å². The highest BCUT2D eigenvalue weighted by Gasteiger charge is 2.20. The average Bonchev–Trinajstić information content (AvgIpc) is 3.15. The fourth-order valence-electron chi connectivity index (χ4n) is 5.70. The van der Waals surface area contributed by atoms with Crippen molar-refractivity contribution < 1.29 is 19.0 Å². The molecular formula is C41H37Cl4N3O4. The van der Waals surface area contributed by atoms with Crippen LogP contribution in [0.2, 0.25) is 20.1 Å². The van der Waals surface area contributed by atoms with Crippen LogP contribution < -0.4 is 14.2 Å². The summed E-state index contributed by atoms with van der Waals surface area (Å²) in [5, 5.41) is 2.06. The lowest BCUT2D eigenvalue weighted by molar-refractivity contribution is -0.127. The number of nitrogens with zero attached hydrogens (tertiary/aromatic N) is 3. The normalized spacial score (nSPS) is 13.4. The van der Waals surface area contributed by atoms with Crippen molar-refractivity contribution in [2.75, 3.05) is 32.8 Å². The molecule has 1 amide bonds. The van der Waals surface area contributed by atoms with Crippen LogP contribution in [0.3, 0.4) is 0 Å². The van der Waals surface area contributed by atoms with Crippen molar-refractivity contribution in [3.8, 4) is 23.1 Å². The second-order valence-corrected chi connectivity index (χ2v) is 14.0. The molecule has 6 rings (SSSR count). The Hall–Kier alpha value is -4.24. The number of carbonyl (C=O) groups excluding carboxylic acids is 1. The van der Waals surface area contributed by atoms with Gasteiger partial charge in [-0.05, 0) is 71.7 Å². The molecule has 1 saturated heterocycles. The molecular weight excluding hydrogens is 740 g/mol. The number of aromatic nitrogens is 1. The van der Waals surface area contributed by atoms with E-state index >= 15 is 0 Å². The lowest BCUT2D eigenvalue weighted by Gasteiger charge is -2.34. The maximum absolute atomic E-state index is 13.0. The van der Waals surface area contributed by atoms with Gasteiger partial charge < -0.3 is 19.1 Å². The number of hydrogen-bond donors (Lipinski definition) is 0. The summed E-state index contributed by atoms with van der Waals surface area (Å²) >= 11 is 24.9. The minimum atomic E-state index is -0.0257. The zero-order valence-electron chi connectivity index (χ0n) is 28.5. The van der Waals surface area contributed by atoms with E-state index in [0.29, 0.717) is 69.5 Å². The summed E-state index contributed by atoms with van der Waals surface area (Å²) in [6, 6.07) is 28.6. The SMILES string of the molecule is Cc1cc(C=CC(=O)N2CCN(Cc3ccc(CCOc4ccc(Cl)c(Cl)c4)cc3)CC2)cc(Cl)c1Oc1ccc(OCc2ccccc2Cl)cn1. The summed E-state index contributed by atoms with van der Waals surface area (Å²) in [7, 11) is 0. The van der Waals surface area contributed by atoms with Gasteiger partial charge in [0.05, 0.1) is 27.9 Å². The molecule has 1 aliphatic rings. The molecule has 0 bridgehead atoms. The average molecular weight is 778 g/mol. The Balaban J connectivity index is 0.933. The second kappa shape index (κ2) is 18.0. The van der Waals surface area contributed by atoms with E-state index in [4.69, 9.17) is 60.6 Å². The molecule has 0 atom stereocenters. The van der Waals surface area contributed by atoms with Crippen LogP contribution in [-0.2, 0) is 24.4 Å². The van der Waals surface area contributed by atoms with Crippen LogP contribution in [0, 0.1) is 6.92 Å². The molecule has 0 radical (unpaired) electrons. The van der Waals surface area contributed by atoms with Crippen molar-refractivity contribution in [3.05, 3.63) is 151 Å². The highest BCUT2D eigenvalue weighted by molar-refractivity contribution is 6.42. The predicted octanol–water partition coefficient (Wildman–Crippen LogP) is 10.4. The van der Waals surface area contributed by atoms with Gasteiger partial charge in [0, 0.05) is 67.9 Å². The summed E-state index contributed by atoms with van der Waals surface area (Å²) in [4.78, 5) is 21.7. The Kier molecular flexibility index (Phi) is 13.0. The first-order valence-electron chi connectivity index (χ1n) is 16.9. The Bertz CT molecular complexity index is 1990. The number of amides is 1. The molecule has 1 aliphatic heterocycles. The van der Waals surface area contributed by atoms with Crippen molar-refractivity contribution in [3.63, 3.8) is 0 Å². The zero-order chi connectivity index (χ0) is 36.5. The maximum Gasteiger partial charge on any atom is 0.246 e. The molecule has 52 heavy (non-hydrogen) atoms. The predicted molar refractivity (Wildman–Crippen MR) is 209 cm³/mol. The van der Waals surface area contributed by atoms with E-state index in [1.54, 1.807) is 48.7 Å². The van der Waals surface area contributed by atoms with E-state index < -0.39 is 0 Å². The van der Waals surface area contributed by atoms with Gasteiger partial charge in [-0.15, -0.1) is 0 Å². The Labute approximate surface area is 324 Å². The summed E-state index contributed by atoms with van der Waals surface area (Å²) in [5.41, 5.74) is 4.95. The summed E-state index contributed by atoms with van der Waals surface area (Å²) in [6.07, 6.45) is 5.77. The van der Waals surface area contributed by atoms with E-state index in [1.165, 1.54) is 11.1 Å². The number of benzene rings is 4. The van der Waals surface area contributed by atoms with Gasteiger partial charge in [0.2, 0.25) is 11.8 Å². The van der Waals surface area contributed by atoms with Gasteiger partial charge in [0.1, 0.15) is 18.1 Å². The standard InChI is InChI=1S/C41H37Cl4N3O4/c1-28-22-31(23-38(45)41(28)52-39-14-12-34(25-46-39)51-27-32-4-2-3-5-35(32)42)10-15-40(49)48-19-17-47(18-20-48)26-30-8-6-29(7-9-30)16-21-50-33-11-13-36(43)37(44)24-33/h2-15,22-25H,16-21,26-27H2,1H3. The number of piperazine rings is 1. The maximum atomic E-state index is 13.0. The zero-order valence-corrected chi connectivity index (χ0v) is 31.6. The van der Waals surface area contributed by atoms with E-state index in [-0.39, 0.29) is 5.91 Å². The number of hydrogen-bond acceptors (Lipinski definition) is 6. The highest BCUT2D eigenvalue weighted by atomic mass is 35.5. The van der Waals surface area contributed by atoms with Gasteiger partial charge >= 0.3 is 0 Å². The molecule has 7 nitrogen and oxygen atoms in total. The molecule has 1 fully saturated rings. The molecule has 0 unspecified atom stereocenters. The van der Waals surface area contributed by atoms with Gasteiger partial charge in [0.25, 0.3) is 0 Å². The number of pyridine rings is 1. The lowest BCUT2D eigenvalue weighted by Crippen LogP contribution is -2.47. The Morgan fingerprint density at radius 1 is 0.769 bits per heavy atom. The monoisotopic (exact) mass is 775 g/mol. The molecule has 0 spiro atoms. The molecule has 4 aromatic carbocycles. The number of aryl methyl sites for hydroxylation is 1. The minimum absolute atomic E-state index is 0.0257. The first-order valence-corrected chi connectivity index (χ1v) is 18.4. The van der Waals surface area contributed by atoms with Crippen molar-refractivity contribution in [2.45, 2.75) is 26.5 Å². The summed E-state index contributed by atoms with van der Waals surface area (Å²) < 4.78 is 17.6. The smallest absolute Gasteiger partial charge is 0.246 e. The lowest BCUT2D eigenvalue weighted by atomic mass is 10.1. The first kappa shape index (κ1) is 37.5. The number of ether oxygens (including phenoxy) is 3. The number of rotatable bonds is 13. The van der Waals surface area contributed by atoms with E-state index in [0.717, 1.165) is 42.7 Å². The van der Waals surface area contributed by atoms with Crippen molar-refractivity contribution in [1.82, 2.24) is 14.8 Å². The van der Waals surface area contributed by atoms with Crippen LogP contribution in [-0.4, -0.2) is 53.5 Å². The molecule has 5 aromatic rings. The molecule has 0 aliphatic carbocycles. The molecule has 2 heterocycles. The Morgan fingerprint density at radius 3 is 2.23 bits per heavy atom. The van der Waals surface area contributed by atoms with Crippen LogP contribution in [0.25, 0.3) is 6.08 Å². The quantitative estimate of drug-likeness (QED) is 0.111. The molecule has 0 saturated carbocycles. The highest BCUT2D eigenvalue weighted by Crippen LogP contribution is 2.34. The molecule has 11 heteroatoms. The van der Waals surface area contributed by atoms with Crippen LogP contribution >= 0.6 is 46.4 Å². The van der Waals surface area contributed by atoms with Crippen molar-refractivity contribution in [1.29, 1.82) is 0 Å². The topological polar surface area (TPSA) is 64.1 Å². The number of carbonyl (C=O) groups is 1. The molecule has 0 N–H and O–H groups in total. The fourth-order valence-corrected chi connectivity index (χ4v) is 6.49. The van der Waals surface area contributed by atoms with E-state index in [9.17, 15) is 4.79 Å². The van der Waals surface area contributed by atoms with E-state index in [2.05, 4.69) is 34.1 Å². The number of halogens is 4. The van der Waals surface area contributed by atoms with Gasteiger partial charge in [-0.1, -0.05) is 88.9 Å².